The van der Waals surface area contributed by atoms with Gasteiger partial charge >= 0.3 is 12.1 Å². The third-order valence-electron chi connectivity index (χ3n) is 4.21. The molecule has 1 fully saturated rings. The molecule has 0 aliphatic carbocycles. The van der Waals surface area contributed by atoms with Crippen LogP contribution in [0.1, 0.15) is 30.6 Å². The summed E-state index contributed by atoms with van der Waals surface area (Å²) in [5.41, 5.74) is 0.529. The van der Waals surface area contributed by atoms with Crippen molar-refractivity contribution in [3.63, 3.8) is 0 Å². The molecule has 144 valence electrons. The Balaban J connectivity index is 2.18. The number of nitrogens with zero attached hydrogens (tertiary/aromatic N) is 1. The van der Waals surface area contributed by atoms with Gasteiger partial charge < -0.3 is 20.6 Å². The number of alkyl halides is 3. The third-order valence-corrected chi connectivity index (χ3v) is 4.21. The number of carbonyl (C=O) groups is 2. The molecule has 2 atom stereocenters. The molecule has 1 aliphatic heterocycles. The second-order valence-corrected chi connectivity index (χ2v) is 6.55. The highest BCUT2D eigenvalue weighted by Gasteiger charge is 2.33. The van der Waals surface area contributed by atoms with Crippen LogP contribution in [0.5, 0.6) is 0 Å². The van der Waals surface area contributed by atoms with Gasteiger partial charge in [0, 0.05) is 37.3 Å². The van der Waals surface area contributed by atoms with E-state index in [0.29, 0.717) is 18.8 Å². The van der Waals surface area contributed by atoms with Gasteiger partial charge in [-0.25, -0.2) is 4.79 Å². The predicted octanol–water partition coefficient (Wildman–Crippen LogP) is 2.71. The summed E-state index contributed by atoms with van der Waals surface area (Å²) in [5.74, 6) is -3.44. The molecule has 9 heteroatoms. The van der Waals surface area contributed by atoms with E-state index in [1.54, 1.807) is 6.07 Å². The van der Waals surface area contributed by atoms with Crippen LogP contribution in [0.3, 0.4) is 0 Å². The zero-order valence-electron chi connectivity index (χ0n) is 14.6. The van der Waals surface area contributed by atoms with Gasteiger partial charge in [-0.3, -0.25) is 4.79 Å². The lowest BCUT2D eigenvalue weighted by molar-refractivity contribution is -0.150. The fourth-order valence-electron chi connectivity index (χ4n) is 2.88. The summed E-state index contributed by atoms with van der Waals surface area (Å²) in [6, 6.07) is 4.77. The topological polar surface area (TPSA) is 81.7 Å². The van der Waals surface area contributed by atoms with E-state index >= 15 is 0 Å². The molecule has 1 unspecified atom stereocenters. The summed E-state index contributed by atoms with van der Waals surface area (Å²) < 4.78 is 37.3. The predicted molar refractivity (Wildman–Crippen MR) is 91.5 cm³/mol. The molecule has 0 radical (unpaired) electrons. The van der Waals surface area contributed by atoms with Crippen LogP contribution in [0.25, 0.3) is 0 Å². The number of hydrogen-bond acceptors (Lipinski definition) is 4. The van der Waals surface area contributed by atoms with Gasteiger partial charge in [0.05, 0.1) is 17.7 Å². The summed E-state index contributed by atoms with van der Waals surface area (Å²) in [5, 5.41) is 15.0. The molecule has 1 heterocycles. The zero-order valence-corrected chi connectivity index (χ0v) is 14.6. The minimum Gasteiger partial charge on any atom is -0.478 e. The maximum Gasteiger partial charge on any atom is 0.389 e. The molecule has 0 spiro atoms. The van der Waals surface area contributed by atoms with Gasteiger partial charge in [-0.1, -0.05) is 6.92 Å². The number of amides is 1. The van der Waals surface area contributed by atoms with E-state index in [4.69, 9.17) is 0 Å². The second kappa shape index (κ2) is 7.94. The molecule has 0 saturated carbocycles. The maximum atomic E-state index is 12.4. The molecule has 0 bridgehead atoms. The molecule has 6 nitrogen and oxygen atoms in total. The Bertz CT molecular complexity index is 679. The lowest BCUT2D eigenvalue weighted by Gasteiger charge is -2.34. The molecule has 3 N–H and O–H groups in total. The van der Waals surface area contributed by atoms with Crippen molar-refractivity contribution >= 4 is 23.3 Å². The highest BCUT2D eigenvalue weighted by molar-refractivity contribution is 6.01. The Kier molecular flexibility index (Phi) is 6.12. The van der Waals surface area contributed by atoms with Gasteiger partial charge in [0.1, 0.15) is 0 Å². The average molecular weight is 373 g/mol. The maximum absolute atomic E-state index is 12.4. The molecule has 1 amide bonds. The summed E-state index contributed by atoms with van der Waals surface area (Å²) >= 11 is 0. The van der Waals surface area contributed by atoms with Crippen molar-refractivity contribution in [2.75, 3.05) is 29.9 Å². The molecule has 0 aromatic heterocycles. The first kappa shape index (κ1) is 20.0. The Hall–Kier alpha value is -2.29. The summed E-state index contributed by atoms with van der Waals surface area (Å²) in [6.07, 6.45) is -5.73. The van der Waals surface area contributed by atoms with Gasteiger partial charge in [0.25, 0.3) is 0 Å². The van der Waals surface area contributed by atoms with Crippen LogP contribution in [0.2, 0.25) is 0 Å². The summed E-state index contributed by atoms with van der Waals surface area (Å²) in [4.78, 5) is 25.5. The van der Waals surface area contributed by atoms with Crippen molar-refractivity contribution in [1.29, 1.82) is 0 Å². The van der Waals surface area contributed by atoms with Crippen LogP contribution in [0.15, 0.2) is 18.2 Å². The molecular weight excluding hydrogens is 351 g/mol. The van der Waals surface area contributed by atoms with Gasteiger partial charge in [0.15, 0.2) is 0 Å². The van der Waals surface area contributed by atoms with Crippen LogP contribution in [0, 0.1) is 5.92 Å². The number of benzene rings is 1. The molecule has 1 aromatic rings. The van der Waals surface area contributed by atoms with E-state index in [9.17, 15) is 27.9 Å². The number of anilines is 2. The third kappa shape index (κ3) is 5.35. The van der Waals surface area contributed by atoms with Crippen LogP contribution in [0.4, 0.5) is 24.5 Å². The van der Waals surface area contributed by atoms with Crippen LogP contribution in [-0.4, -0.2) is 48.8 Å². The number of carboxylic acid groups (broad SMARTS) is 1. The van der Waals surface area contributed by atoms with Gasteiger partial charge in [-0.15, -0.1) is 0 Å². The highest BCUT2D eigenvalue weighted by Crippen LogP contribution is 2.28. The Morgan fingerprint density at radius 1 is 1.42 bits per heavy atom. The fraction of sp³-hybridized carbons (Fsp3) is 0.529. The lowest BCUT2D eigenvalue weighted by atomic mass is 10.1. The molecule has 1 saturated heterocycles. The fourth-order valence-corrected chi connectivity index (χ4v) is 2.88. The molecular formula is C17H22F3N3O3. The van der Waals surface area contributed by atoms with Crippen LogP contribution in [-0.2, 0) is 4.79 Å². The van der Waals surface area contributed by atoms with Gasteiger partial charge in [0.2, 0.25) is 5.91 Å². The number of carbonyl (C=O) groups excluding carboxylic acids is 1. The standard InChI is InChI=1S/C17H22F3N3O3/c1-10(8-17(18,19)20)15(24)22-14-4-3-12(7-13(14)16(25)26)23-6-5-21-11(2)9-23/h3-4,7,10-11,21H,5-6,8-9H2,1-2H3,(H,22,24)(H,25,26)/t10?,11-/m0/s1. The summed E-state index contributed by atoms with van der Waals surface area (Å²) in [7, 11) is 0. The monoisotopic (exact) mass is 373 g/mol. The van der Waals surface area contributed by atoms with Crippen molar-refractivity contribution in [3.8, 4) is 0 Å². The van der Waals surface area contributed by atoms with Crippen molar-refractivity contribution in [2.45, 2.75) is 32.5 Å². The smallest absolute Gasteiger partial charge is 0.389 e. The lowest BCUT2D eigenvalue weighted by Crippen LogP contribution is -2.49. The van der Waals surface area contributed by atoms with E-state index in [0.717, 1.165) is 13.5 Å². The quantitative estimate of drug-likeness (QED) is 0.739. The minimum absolute atomic E-state index is 0.0107. The Morgan fingerprint density at radius 3 is 2.69 bits per heavy atom. The minimum atomic E-state index is -4.46. The van der Waals surface area contributed by atoms with Crippen LogP contribution >= 0.6 is 0 Å². The highest BCUT2D eigenvalue weighted by atomic mass is 19.4. The van der Waals surface area contributed by atoms with E-state index in [-0.39, 0.29) is 17.3 Å². The SMILES string of the molecule is CC(CC(F)(F)F)C(=O)Nc1ccc(N2CCN[C@@H](C)C2)cc1C(=O)O. The Morgan fingerprint density at radius 2 is 2.12 bits per heavy atom. The zero-order chi connectivity index (χ0) is 19.5. The van der Waals surface area contributed by atoms with E-state index in [1.165, 1.54) is 12.1 Å². The molecule has 26 heavy (non-hydrogen) atoms. The number of halogens is 3. The number of piperazine rings is 1. The first-order valence-electron chi connectivity index (χ1n) is 8.30. The average Bonchev–Trinajstić information content (AvgIpc) is 2.53. The van der Waals surface area contributed by atoms with Gasteiger partial charge in [-0.05, 0) is 25.1 Å². The molecule has 2 rings (SSSR count). The van der Waals surface area contributed by atoms with Gasteiger partial charge in [-0.2, -0.15) is 13.2 Å². The first-order valence-corrected chi connectivity index (χ1v) is 8.30. The van der Waals surface area contributed by atoms with Crippen molar-refractivity contribution < 1.29 is 27.9 Å². The number of hydrogen-bond donors (Lipinski definition) is 3. The molecule has 1 aliphatic rings. The number of rotatable bonds is 5. The normalized spacial score (nSPS) is 19.1. The number of nitrogens with one attached hydrogen (secondary N) is 2. The van der Waals surface area contributed by atoms with E-state index in [2.05, 4.69) is 10.6 Å². The summed E-state index contributed by atoms with van der Waals surface area (Å²) in [6.45, 7) is 5.34. The second-order valence-electron chi connectivity index (χ2n) is 6.55. The Labute approximate surface area is 149 Å². The van der Waals surface area contributed by atoms with E-state index in [1.807, 2.05) is 11.8 Å². The van der Waals surface area contributed by atoms with Crippen LogP contribution < -0.4 is 15.5 Å². The van der Waals surface area contributed by atoms with Crippen molar-refractivity contribution in [2.24, 2.45) is 5.92 Å². The molecule has 1 aromatic carbocycles. The number of carboxylic acids is 1. The van der Waals surface area contributed by atoms with E-state index < -0.39 is 30.4 Å². The number of aromatic carboxylic acids is 1. The van der Waals surface area contributed by atoms with Crippen molar-refractivity contribution in [3.05, 3.63) is 23.8 Å². The van der Waals surface area contributed by atoms with Crippen molar-refractivity contribution in [1.82, 2.24) is 5.32 Å². The first-order chi connectivity index (χ1) is 12.1. The largest absolute Gasteiger partial charge is 0.478 e.